The highest BCUT2D eigenvalue weighted by Gasteiger charge is 2.12. The number of aromatic nitrogens is 3. The molecule has 3 aromatic heterocycles. The van der Waals surface area contributed by atoms with Crippen LogP contribution in [-0.4, -0.2) is 21.0 Å². The summed E-state index contributed by atoms with van der Waals surface area (Å²) in [5.41, 5.74) is 2.15. The summed E-state index contributed by atoms with van der Waals surface area (Å²) >= 11 is 2.90. The zero-order valence-corrected chi connectivity index (χ0v) is 16.8. The number of benzene rings is 1. The van der Waals surface area contributed by atoms with E-state index in [0.717, 1.165) is 16.1 Å². The molecule has 4 aromatic rings. The van der Waals surface area contributed by atoms with Crippen molar-refractivity contribution in [1.29, 1.82) is 5.26 Å². The molecule has 1 N–H and O–H groups in total. The third-order valence-electron chi connectivity index (χ3n) is 4.04. The van der Waals surface area contributed by atoms with Crippen molar-refractivity contribution in [3.05, 3.63) is 58.6 Å². The number of thiazole rings is 1. The Labute approximate surface area is 174 Å². The number of anilines is 1. The molecule has 0 aliphatic rings. The highest BCUT2D eigenvalue weighted by atomic mass is 32.1. The molecular formula is C20H15N5O2S2. The molecule has 0 fully saturated rings. The van der Waals surface area contributed by atoms with Crippen LogP contribution in [0.15, 0.2) is 51.7 Å². The number of carbonyl (C=O) groups is 1. The normalized spacial score (nSPS) is 10.6. The average molecular weight is 422 g/mol. The molecule has 3 heterocycles. The number of carbonyl (C=O) groups excluding carboxylic acids is 1. The molecule has 0 aliphatic heterocycles. The molecule has 1 aromatic carbocycles. The zero-order chi connectivity index (χ0) is 20.1. The summed E-state index contributed by atoms with van der Waals surface area (Å²) in [6.07, 6.45) is 1.46. The van der Waals surface area contributed by atoms with Crippen molar-refractivity contribution in [2.45, 2.75) is 19.3 Å². The fourth-order valence-electron chi connectivity index (χ4n) is 2.66. The van der Waals surface area contributed by atoms with E-state index < -0.39 is 0 Å². The Kier molecular flexibility index (Phi) is 5.74. The van der Waals surface area contributed by atoms with Crippen LogP contribution in [0.4, 0.5) is 5.13 Å². The SMILES string of the molecule is N#Cc1cccc(-c2csc(NC(=O)CCCc3nc(-c4cccs4)no3)n2)c1. The predicted octanol–water partition coefficient (Wildman–Crippen LogP) is 4.75. The first-order chi connectivity index (χ1) is 14.2. The number of amides is 1. The van der Waals surface area contributed by atoms with Gasteiger partial charge in [0.2, 0.25) is 17.6 Å². The summed E-state index contributed by atoms with van der Waals surface area (Å²) in [5.74, 6) is 0.986. The topological polar surface area (TPSA) is 105 Å². The number of nitrogens with one attached hydrogen (secondary N) is 1. The van der Waals surface area contributed by atoms with E-state index in [1.165, 1.54) is 11.3 Å². The fraction of sp³-hybridized carbons (Fsp3) is 0.150. The molecule has 0 atom stereocenters. The van der Waals surface area contributed by atoms with Gasteiger partial charge in [-0.15, -0.1) is 22.7 Å². The van der Waals surface area contributed by atoms with Gasteiger partial charge in [0.05, 0.1) is 22.2 Å². The average Bonchev–Trinajstić information content (AvgIpc) is 3.49. The largest absolute Gasteiger partial charge is 0.339 e. The standard InChI is InChI=1S/C20H15N5O2S2/c21-11-13-4-1-5-14(10-13)15-12-29-20(22-15)23-17(26)7-2-8-18-24-19(25-27-18)16-6-3-9-28-16/h1,3-6,9-10,12H,2,7-8H2,(H,22,23,26). The summed E-state index contributed by atoms with van der Waals surface area (Å²) in [7, 11) is 0. The molecule has 29 heavy (non-hydrogen) atoms. The molecule has 9 heteroatoms. The van der Waals surface area contributed by atoms with Gasteiger partial charge in [0, 0.05) is 23.8 Å². The van der Waals surface area contributed by atoms with Gasteiger partial charge >= 0.3 is 0 Å². The van der Waals surface area contributed by atoms with Crippen molar-refractivity contribution >= 4 is 33.7 Å². The van der Waals surface area contributed by atoms with Crippen molar-refractivity contribution in [2.75, 3.05) is 5.32 Å². The minimum Gasteiger partial charge on any atom is -0.339 e. The summed E-state index contributed by atoms with van der Waals surface area (Å²) in [4.78, 5) is 21.9. The van der Waals surface area contributed by atoms with Crippen LogP contribution in [0.5, 0.6) is 0 Å². The van der Waals surface area contributed by atoms with Crippen LogP contribution in [-0.2, 0) is 11.2 Å². The van der Waals surface area contributed by atoms with E-state index in [-0.39, 0.29) is 5.91 Å². The minimum atomic E-state index is -0.116. The van der Waals surface area contributed by atoms with Crippen molar-refractivity contribution < 1.29 is 9.32 Å². The van der Waals surface area contributed by atoms with E-state index >= 15 is 0 Å². The van der Waals surface area contributed by atoms with Crippen LogP contribution < -0.4 is 5.32 Å². The predicted molar refractivity (Wildman–Crippen MR) is 111 cm³/mol. The highest BCUT2D eigenvalue weighted by molar-refractivity contribution is 7.14. The maximum Gasteiger partial charge on any atom is 0.226 e. The number of nitrogens with zero attached hydrogens (tertiary/aromatic N) is 4. The number of aryl methyl sites for hydroxylation is 1. The summed E-state index contributed by atoms with van der Waals surface area (Å²) in [5, 5.41) is 20.1. The van der Waals surface area contributed by atoms with Crippen LogP contribution in [0, 0.1) is 11.3 Å². The second-order valence-corrected chi connectivity index (χ2v) is 7.93. The zero-order valence-electron chi connectivity index (χ0n) is 15.2. The van der Waals surface area contributed by atoms with Gasteiger partial charge in [-0.05, 0) is 30.0 Å². The second kappa shape index (κ2) is 8.77. The molecule has 7 nitrogen and oxygen atoms in total. The number of thiophene rings is 1. The molecule has 0 unspecified atom stereocenters. The maximum absolute atomic E-state index is 12.2. The van der Waals surface area contributed by atoms with Crippen LogP contribution >= 0.6 is 22.7 Å². The van der Waals surface area contributed by atoms with E-state index in [1.807, 2.05) is 35.0 Å². The Bertz CT molecular complexity index is 1160. The molecule has 0 bridgehead atoms. The third-order valence-corrected chi connectivity index (χ3v) is 5.67. The minimum absolute atomic E-state index is 0.116. The first-order valence-corrected chi connectivity index (χ1v) is 10.6. The number of hydrogen-bond acceptors (Lipinski definition) is 8. The van der Waals surface area contributed by atoms with Crippen molar-refractivity contribution in [1.82, 2.24) is 15.1 Å². The number of hydrogen-bond donors (Lipinski definition) is 1. The van der Waals surface area contributed by atoms with Gasteiger partial charge in [-0.1, -0.05) is 23.4 Å². The van der Waals surface area contributed by atoms with E-state index in [1.54, 1.807) is 23.5 Å². The lowest BCUT2D eigenvalue weighted by atomic mass is 10.1. The molecule has 0 spiro atoms. The van der Waals surface area contributed by atoms with E-state index in [2.05, 4.69) is 26.5 Å². The van der Waals surface area contributed by atoms with E-state index in [4.69, 9.17) is 9.78 Å². The molecule has 0 saturated heterocycles. The van der Waals surface area contributed by atoms with Crippen molar-refractivity contribution in [3.8, 4) is 28.0 Å². The summed E-state index contributed by atoms with van der Waals surface area (Å²) in [6, 6.07) is 13.2. The Balaban J connectivity index is 1.28. The quantitative estimate of drug-likeness (QED) is 0.461. The summed E-state index contributed by atoms with van der Waals surface area (Å²) < 4.78 is 5.24. The van der Waals surface area contributed by atoms with Gasteiger partial charge in [-0.25, -0.2) is 4.98 Å². The molecule has 1 amide bonds. The monoisotopic (exact) mass is 421 g/mol. The van der Waals surface area contributed by atoms with Gasteiger partial charge in [0.15, 0.2) is 5.13 Å². The van der Waals surface area contributed by atoms with Crippen molar-refractivity contribution in [3.63, 3.8) is 0 Å². The molecule has 0 saturated carbocycles. The van der Waals surface area contributed by atoms with Crippen LogP contribution in [0.25, 0.3) is 22.0 Å². The van der Waals surface area contributed by atoms with Crippen molar-refractivity contribution in [2.24, 2.45) is 0 Å². The Morgan fingerprint density at radius 3 is 2.97 bits per heavy atom. The molecule has 0 aliphatic carbocycles. The van der Waals surface area contributed by atoms with E-state index in [0.29, 0.717) is 41.7 Å². The maximum atomic E-state index is 12.2. The number of rotatable bonds is 7. The van der Waals surface area contributed by atoms with Crippen LogP contribution in [0.2, 0.25) is 0 Å². The molecule has 0 radical (unpaired) electrons. The Morgan fingerprint density at radius 2 is 2.14 bits per heavy atom. The van der Waals surface area contributed by atoms with Gasteiger partial charge in [0.25, 0.3) is 0 Å². The van der Waals surface area contributed by atoms with Gasteiger partial charge in [-0.2, -0.15) is 10.2 Å². The molecule has 144 valence electrons. The smallest absolute Gasteiger partial charge is 0.226 e. The lowest BCUT2D eigenvalue weighted by Crippen LogP contribution is -2.11. The first kappa shape index (κ1) is 19.0. The lowest BCUT2D eigenvalue weighted by Gasteiger charge is -2.00. The second-order valence-electron chi connectivity index (χ2n) is 6.12. The lowest BCUT2D eigenvalue weighted by molar-refractivity contribution is -0.116. The first-order valence-electron chi connectivity index (χ1n) is 8.83. The summed E-state index contributed by atoms with van der Waals surface area (Å²) in [6.45, 7) is 0. The molecule has 4 rings (SSSR count). The Morgan fingerprint density at radius 1 is 1.21 bits per heavy atom. The number of nitriles is 1. The Hall–Kier alpha value is -3.35. The van der Waals surface area contributed by atoms with Crippen LogP contribution in [0.1, 0.15) is 24.3 Å². The molecular weight excluding hydrogens is 406 g/mol. The van der Waals surface area contributed by atoms with Gasteiger partial charge < -0.3 is 9.84 Å². The van der Waals surface area contributed by atoms with Gasteiger partial charge in [-0.3, -0.25) is 4.79 Å². The fourth-order valence-corrected chi connectivity index (χ4v) is 4.04. The van der Waals surface area contributed by atoms with E-state index in [9.17, 15) is 4.79 Å². The highest BCUT2D eigenvalue weighted by Crippen LogP contribution is 2.26. The third kappa shape index (κ3) is 4.74. The van der Waals surface area contributed by atoms with Gasteiger partial charge in [0.1, 0.15) is 0 Å². The van der Waals surface area contributed by atoms with Crippen LogP contribution in [0.3, 0.4) is 0 Å².